The average Bonchev–Trinajstić information content (AvgIpc) is 3.08. The minimum atomic E-state index is -1.65. The van der Waals surface area contributed by atoms with Gasteiger partial charge < -0.3 is 4.74 Å². The Morgan fingerprint density at radius 1 is 1.36 bits per heavy atom. The van der Waals surface area contributed by atoms with E-state index in [9.17, 15) is 19.3 Å². The van der Waals surface area contributed by atoms with Gasteiger partial charge in [0.25, 0.3) is 5.91 Å². The number of carbonyl (C=O) groups excluding carboxylic acids is 3. The SMILES string of the molecule is COC(=O)C1=NN(N=O)[C@@]2(CC(=O)N(c3ccc(C)c(Cl)c3)C2=O)C1. The zero-order chi connectivity index (χ0) is 18.4. The average molecular weight is 365 g/mol. The minimum absolute atomic E-state index is 0.146. The molecule has 0 unspecified atom stereocenters. The number of imide groups is 1. The number of benzene rings is 1. The summed E-state index contributed by atoms with van der Waals surface area (Å²) in [6, 6.07) is 4.73. The number of rotatable bonds is 3. The number of carbonyl (C=O) groups is 3. The van der Waals surface area contributed by atoms with Crippen molar-refractivity contribution < 1.29 is 19.1 Å². The Morgan fingerprint density at radius 2 is 2.08 bits per heavy atom. The van der Waals surface area contributed by atoms with Crippen molar-refractivity contribution >= 4 is 40.8 Å². The normalized spacial score (nSPS) is 22.6. The van der Waals surface area contributed by atoms with Crippen LogP contribution in [0.15, 0.2) is 28.6 Å². The molecule has 0 aromatic heterocycles. The van der Waals surface area contributed by atoms with Gasteiger partial charge in [-0.1, -0.05) is 17.7 Å². The first-order valence-electron chi connectivity index (χ1n) is 7.27. The molecule has 9 nitrogen and oxygen atoms in total. The molecule has 2 aliphatic rings. The van der Waals surface area contributed by atoms with Gasteiger partial charge in [0, 0.05) is 11.4 Å². The van der Waals surface area contributed by atoms with Crippen molar-refractivity contribution in [2.24, 2.45) is 10.4 Å². The van der Waals surface area contributed by atoms with Crippen molar-refractivity contribution in [1.29, 1.82) is 0 Å². The molecular weight excluding hydrogens is 352 g/mol. The van der Waals surface area contributed by atoms with Crippen LogP contribution in [0.4, 0.5) is 5.69 Å². The number of anilines is 1. The molecule has 1 aromatic carbocycles. The monoisotopic (exact) mass is 364 g/mol. The molecule has 0 N–H and O–H groups in total. The van der Waals surface area contributed by atoms with Crippen molar-refractivity contribution in [2.75, 3.05) is 12.0 Å². The molecule has 0 aliphatic carbocycles. The Hall–Kier alpha value is -2.81. The number of nitroso groups, excluding NO2 is 1. The van der Waals surface area contributed by atoms with Crippen LogP contribution >= 0.6 is 11.6 Å². The highest BCUT2D eigenvalue weighted by Crippen LogP contribution is 2.41. The van der Waals surface area contributed by atoms with Crippen LogP contribution in [0.25, 0.3) is 0 Å². The van der Waals surface area contributed by atoms with E-state index in [-0.39, 0.29) is 24.2 Å². The van der Waals surface area contributed by atoms with Gasteiger partial charge in [0.2, 0.25) is 5.91 Å². The van der Waals surface area contributed by atoms with Crippen LogP contribution in [0.5, 0.6) is 0 Å². The maximum atomic E-state index is 13.0. The van der Waals surface area contributed by atoms with Crippen molar-refractivity contribution in [1.82, 2.24) is 5.12 Å². The van der Waals surface area contributed by atoms with Crippen molar-refractivity contribution in [3.05, 3.63) is 33.7 Å². The van der Waals surface area contributed by atoms with E-state index in [4.69, 9.17) is 11.6 Å². The van der Waals surface area contributed by atoms with Crippen LogP contribution in [0, 0.1) is 11.8 Å². The van der Waals surface area contributed by atoms with E-state index in [1.807, 2.05) is 0 Å². The number of hydrogen-bond acceptors (Lipinski definition) is 7. The van der Waals surface area contributed by atoms with E-state index < -0.39 is 23.3 Å². The fourth-order valence-corrected chi connectivity index (χ4v) is 3.10. The van der Waals surface area contributed by atoms with Gasteiger partial charge in [-0.25, -0.2) is 9.69 Å². The Bertz CT molecular complexity index is 839. The third-order valence-electron chi connectivity index (χ3n) is 4.26. The molecule has 1 spiro atoms. The molecule has 1 atom stereocenters. The molecule has 0 saturated carbocycles. The number of esters is 1. The second-order valence-electron chi connectivity index (χ2n) is 5.76. The van der Waals surface area contributed by atoms with Crippen LogP contribution in [-0.4, -0.2) is 41.3 Å². The summed E-state index contributed by atoms with van der Waals surface area (Å²) in [7, 11) is 1.15. The summed E-state index contributed by atoms with van der Waals surface area (Å²) in [5.74, 6) is -2.03. The quantitative estimate of drug-likeness (QED) is 0.457. The van der Waals surface area contributed by atoms with E-state index in [0.717, 1.165) is 17.6 Å². The van der Waals surface area contributed by atoms with Crippen molar-refractivity contribution in [2.45, 2.75) is 25.3 Å². The lowest BCUT2D eigenvalue weighted by Gasteiger charge is -2.24. The molecule has 2 amide bonds. The fourth-order valence-electron chi connectivity index (χ4n) is 2.92. The Labute approximate surface area is 147 Å². The van der Waals surface area contributed by atoms with E-state index in [1.165, 1.54) is 6.07 Å². The number of aryl methyl sites for hydroxylation is 1. The van der Waals surface area contributed by atoms with E-state index in [1.54, 1.807) is 19.1 Å². The molecule has 1 saturated heterocycles. The molecule has 1 fully saturated rings. The smallest absolute Gasteiger partial charge is 0.354 e. The Kier molecular flexibility index (Phi) is 4.03. The van der Waals surface area contributed by atoms with Gasteiger partial charge in [0.05, 0.1) is 24.5 Å². The van der Waals surface area contributed by atoms with Gasteiger partial charge in [0.1, 0.15) is 0 Å². The van der Waals surface area contributed by atoms with Gasteiger partial charge in [-0.15, -0.1) is 15.1 Å². The first kappa shape index (κ1) is 17.0. The predicted molar refractivity (Wildman–Crippen MR) is 87.7 cm³/mol. The van der Waals surface area contributed by atoms with Crippen LogP contribution in [-0.2, 0) is 19.1 Å². The van der Waals surface area contributed by atoms with Gasteiger partial charge in [-0.3, -0.25) is 9.59 Å². The van der Waals surface area contributed by atoms with Crippen LogP contribution < -0.4 is 4.90 Å². The summed E-state index contributed by atoms with van der Waals surface area (Å²) in [5.41, 5.74) is -0.737. The second-order valence-corrected chi connectivity index (χ2v) is 6.17. The maximum Gasteiger partial charge on any atom is 0.354 e. The summed E-state index contributed by atoms with van der Waals surface area (Å²) in [4.78, 5) is 49.2. The molecule has 10 heteroatoms. The lowest BCUT2D eigenvalue weighted by atomic mass is 9.92. The number of methoxy groups -OCH3 is 1. The highest BCUT2D eigenvalue weighted by Gasteiger charge is 2.61. The van der Waals surface area contributed by atoms with E-state index >= 15 is 0 Å². The topological polar surface area (TPSA) is 109 Å². The standard InChI is InChI=1S/C15H13ClN4O5/c1-8-3-4-9(5-10(8)16)19-12(21)7-15(14(19)23)6-11(13(22)25-2)17-20(15)18-24/h3-5H,6-7H2,1-2H3/t15-/m1/s1. The minimum Gasteiger partial charge on any atom is -0.464 e. The molecule has 0 radical (unpaired) electrons. The Morgan fingerprint density at radius 3 is 2.68 bits per heavy atom. The molecular formula is C15H13ClN4O5. The summed E-state index contributed by atoms with van der Waals surface area (Å²) in [6.45, 7) is 1.78. The number of amides is 2. The largest absolute Gasteiger partial charge is 0.464 e. The van der Waals surface area contributed by atoms with E-state index in [2.05, 4.69) is 15.1 Å². The number of ether oxygens (including phenoxy) is 1. The van der Waals surface area contributed by atoms with Crippen molar-refractivity contribution in [3.8, 4) is 0 Å². The lowest BCUT2D eigenvalue weighted by molar-refractivity contribution is -0.132. The number of hydrazone groups is 1. The summed E-state index contributed by atoms with van der Waals surface area (Å²) in [5, 5.41) is 7.39. The van der Waals surface area contributed by atoms with Gasteiger partial charge in [-0.2, -0.15) is 0 Å². The number of halogens is 1. The zero-order valence-electron chi connectivity index (χ0n) is 13.4. The predicted octanol–water partition coefficient (Wildman–Crippen LogP) is 1.57. The van der Waals surface area contributed by atoms with Gasteiger partial charge >= 0.3 is 5.97 Å². The molecule has 25 heavy (non-hydrogen) atoms. The zero-order valence-corrected chi connectivity index (χ0v) is 14.1. The Balaban J connectivity index is 1.99. The van der Waals surface area contributed by atoms with Gasteiger partial charge in [-0.05, 0) is 24.6 Å². The van der Waals surface area contributed by atoms with Crippen LogP contribution in [0.1, 0.15) is 18.4 Å². The first-order valence-corrected chi connectivity index (χ1v) is 7.64. The third kappa shape index (κ3) is 2.47. The van der Waals surface area contributed by atoms with E-state index in [0.29, 0.717) is 10.1 Å². The maximum absolute atomic E-state index is 13.0. The number of nitrogens with zero attached hydrogens (tertiary/aromatic N) is 4. The molecule has 1 aromatic rings. The first-order chi connectivity index (χ1) is 11.8. The van der Waals surface area contributed by atoms with Gasteiger partial charge in [0.15, 0.2) is 11.3 Å². The lowest BCUT2D eigenvalue weighted by Crippen LogP contribution is -2.48. The molecule has 0 bridgehead atoms. The fraction of sp³-hybridized carbons (Fsp3) is 0.333. The molecule has 3 rings (SSSR count). The molecule has 130 valence electrons. The van der Waals surface area contributed by atoms with Crippen molar-refractivity contribution in [3.63, 3.8) is 0 Å². The summed E-state index contributed by atoms with van der Waals surface area (Å²) < 4.78 is 4.56. The highest BCUT2D eigenvalue weighted by molar-refractivity contribution is 6.39. The summed E-state index contributed by atoms with van der Waals surface area (Å²) in [6.07, 6.45) is -0.584. The number of hydrogen-bond donors (Lipinski definition) is 0. The highest BCUT2D eigenvalue weighted by atomic mass is 35.5. The molecule has 2 aliphatic heterocycles. The third-order valence-corrected chi connectivity index (χ3v) is 4.67. The second kappa shape index (κ2) is 5.92. The van der Waals surface area contributed by atoms with Crippen LogP contribution in [0.3, 0.4) is 0 Å². The molecule has 2 heterocycles. The summed E-state index contributed by atoms with van der Waals surface area (Å²) >= 11 is 6.07. The van der Waals surface area contributed by atoms with Crippen LogP contribution in [0.2, 0.25) is 5.02 Å².